The molecule has 2 N–H and O–H groups in total. The smallest absolute Gasteiger partial charge is 0.222 e. The molecule has 120 valence electrons. The van der Waals surface area contributed by atoms with E-state index in [1.54, 1.807) is 0 Å². The average molecular weight is 292 g/mol. The predicted octanol–water partition coefficient (Wildman–Crippen LogP) is 3.62. The number of nitrogens with zero attached hydrogens (tertiary/aromatic N) is 2. The number of rotatable bonds is 9. The number of nitrogens with one attached hydrogen (secondary N) is 2. The van der Waals surface area contributed by atoms with E-state index in [0.717, 1.165) is 37.7 Å². The fourth-order valence-corrected chi connectivity index (χ4v) is 2.60. The number of hydrogen-bond acceptors (Lipinski definition) is 4. The van der Waals surface area contributed by atoms with Crippen molar-refractivity contribution >= 4 is 5.95 Å². The number of anilines is 1. The highest BCUT2D eigenvalue weighted by atomic mass is 15.1. The maximum atomic E-state index is 4.58. The first kappa shape index (κ1) is 17.9. The monoisotopic (exact) mass is 292 g/mol. The van der Waals surface area contributed by atoms with Crippen LogP contribution in [-0.2, 0) is 6.54 Å². The summed E-state index contributed by atoms with van der Waals surface area (Å²) in [5, 5.41) is 6.79. The fourth-order valence-electron chi connectivity index (χ4n) is 2.60. The van der Waals surface area contributed by atoms with Gasteiger partial charge in [-0.05, 0) is 37.6 Å². The van der Waals surface area contributed by atoms with Crippen LogP contribution in [0, 0.1) is 24.7 Å². The van der Waals surface area contributed by atoms with Crippen molar-refractivity contribution in [3.8, 4) is 0 Å². The molecule has 4 nitrogen and oxygen atoms in total. The second-order valence-corrected chi connectivity index (χ2v) is 6.51. The summed E-state index contributed by atoms with van der Waals surface area (Å²) in [5.41, 5.74) is 2.24. The van der Waals surface area contributed by atoms with Gasteiger partial charge in [-0.1, -0.05) is 34.6 Å². The fraction of sp³-hybridized carbons (Fsp3) is 0.765. The molecule has 0 aliphatic carbocycles. The lowest BCUT2D eigenvalue weighted by molar-refractivity contribution is 0.304. The zero-order valence-electron chi connectivity index (χ0n) is 14.5. The molecule has 0 bridgehead atoms. The topological polar surface area (TPSA) is 49.8 Å². The van der Waals surface area contributed by atoms with Crippen molar-refractivity contribution < 1.29 is 0 Å². The molecule has 1 rings (SSSR count). The van der Waals surface area contributed by atoms with E-state index in [9.17, 15) is 0 Å². The van der Waals surface area contributed by atoms with Gasteiger partial charge in [0.2, 0.25) is 5.95 Å². The van der Waals surface area contributed by atoms with Gasteiger partial charge in [-0.15, -0.1) is 0 Å². The highest BCUT2D eigenvalue weighted by Gasteiger charge is 2.17. The zero-order chi connectivity index (χ0) is 15.8. The van der Waals surface area contributed by atoms with Crippen molar-refractivity contribution in [3.05, 3.63) is 17.5 Å². The third-order valence-corrected chi connectivity index (χ3v) is 4.03. The molecule has 0 amide bonds. The van der Waals surface area contributed by atoms with Crippen LogP contribution >= 0.6 is 0 Å². The molecule has 0 unspecified atom stereocenters. The third kappa shape index (κ3) is 6.00. The van der Waals surface area contributed by atoms with Gasteiger partial charge in [-0.3, -0.25) is 0 Å². The van der Waals surface area contributed by atoms with E-state index in [1.165, 1.54) is 5.56 Å². The molecule has 0 fully saturated rings. The van der Waals surface area contributed by atoms with Crippen LogP contribution in [0.2, 0.25) is 0 Å². The highest BCUT2D eigenvalue weighted by molar-refractivity contribution is 5.29. The normalized spacial score (nSPS) is 11.7. The summed E-state index contributed by atoms with van der Waals surface area (Å²) in [5.74, 6) is 2.71. The van der Waals surface area contributed by atoms with Gasteiger partial charge in [0.05, 0.1) is 0 Å². The van der Waals surface area contributed by atoms with Crippen LogP contribution in [0.4, 0.5) is 5.95 Å². The lowest BCUT2D eigenvalue weighted by Crippen LogP contribution is -2.25. The van der Waals surface area contributed by atoms with E-state index >= 15 is 0 Å². The van der Waals surface area contributed by atoms with Gasteiger partial charge < -0.3 is 10.6 Å². The highest BCUT2D eigenvalue weighted by Crippen LogP contribution is 2.20. The molecule has 0 aromatic carbocycles. The Balaban J connectivity index is 2.58. The van der Waals surface area contributed by atoms with E-state index in [2.05, 4.69) is 62.1 Å². The van der Waals surface area contributed by atoms with Crippen LogP contribution < -0.4 is 10.6 Å². The number of aryl methyl sites for hydroxylation is 1. The van der Waals surface area contributed by atoms with Crippen molar-refractivity contribution in [1.82, 2.24) is 15.3 Å². The third-order valence-electron chi connectivity index (χ3n) is 4.03. The molecule has 0 spiro atoms. The van der Waals surface area contributed by atoms with Crippen molar-refractivity contribution in [3.63, 3.8) is 0 Å². The summed E-state index contributed by atoms with van der Waals surface area (Å²) >= 11 is 0. The molecule has 0 aliphatic heterocycles. The summed E-state index contributed by atoms with van der Waals surface area (Å²) in [7, 11) is 0. The lowest BCUT2D eigenvalue weighted by atomic mass is 9.85. The van der Waals surface area contributed by atoms with Crippen LogP contribution in [0.1, 0.15) is 52.3 Å². The second-order valence-electron chi connectivity index (χ2n) is 6.51. The van der Waals surface area contributed by atoms with E-state index in [0.29, 0.717) is 17.8 Å². The van der Waals surface area contributed by atoms with Crippen molar-refractivity contribution in [2.45, 2.75) is 54.5 Å². The van der Waals surface area contributed by atoms with Gasteiger partial charge in [0, 0.05) is 30.5 Å². The minimum absolute atomic E-state index is 0.639. The van der Waals surface area contributed by atoms with Gasteiger partial charge in [0.25, 0.3) is 0 Å². The predicted molar refractivity (Wildman–Crippen MR) is 90.4 cm³/mol. The van der Waals surface area contributed by atoms with E-state index in [4.69, 9.17) is 0 Å². The molecule has 0 atom stereocenters. The Bertz CT molecular complexity index is 407. The molecule has 1 aromatic heterocycles. The molecule has 4 heteroatoms. The molecular weight excluding hydrogens is 260 g/mol. The van der Waals surface area contributed by atoms with Crippen LogP contribution in [-0.4, -0.2) is 23.1 Å². The summed E-state index contributed by atoms with van der Waals surface area (Å²) in [4.78, 5) is 9.03. The van der Waals surface area contributed by atoms with Crippen LogP contribution in [0.15, 0.2) is 6.20 Å². The van der Waals surface area contributed by atoms with Gasteiger partial charge in [0.15, 0.2) is 0 Å². The number of aromatic nitrogens is 2. The molecule has 0 aliphatic rings. The van der Waals surface area contributed by atoms with Gasteiger partial charge >= 0.3 is 0 Å². The van der Waals surface area contributed by atoms with Crippen molar-refractivity contribution in [2.24, 2.45) is 17.8 Å². The summed E-state index contributed by atoms with van der Waals surface area (Å²) in [6.07, 6.45) is 3.08. The van der Waals surface area contributed by atoms with Gasteiger partial charge in [0.1, 0.15) is 0 Å². The summed E-state index contributed by atoms with van der Waals surface area (Å²) in [6.45, 7) is 16.2. The Morgan fingerprint density at radius 2 is 1.81 bits per heavy atom. The van der Waals surface area contributed by atoms with E-state index < -0.39 is 0 Å². The van der Waals surface area contributed by atoms with Crippen molar-refractivity contribution in [2.75, 3.05) is 18.4 Å². The van der Waals surface area contributed by atoms with Crippen LogP contribution in [0.3, 0.4) is 0 Å². The Morgan fingerprint density at radius 1 is 1.14 bits per heavy atom. The molecule has 21 heavy (non-hydrogen) atoms. The second kappa shape index (κ2) is 8.98. The summed E-state index contributed by atoms with van der Waals surface area (Å²) in [6, 6.07) is 0. The molecule has 0 saturated heterocycles. The standard InChI is InChI=1S/C17H32N4/c1-7-8-18-9-15-10-19-17(21-14(15)6)20-11-16(12(2)3)13(4)5/h10,12-13,16,18H,7-9,11H2,1-6H3,(H,19,20,21). The Hall–Kier alpha value is -1.16. The first-order valence-electron chi connectivity index (χ1n) is 8.22. The maximum Gasteiger partial charge on any atom is 0.222 e. The maximum absolute atomic E-state index is 4.58. The zero-order valence-corrected chi connectivity index (χ0v) is 14.5. The van der Waals surface area contributed by atoms with E-state index in [1.807, 2.05) is 6.20 Å². The Kier molecular flexibility index (Phi) is 7.65. The quantitative estimate of drug-likeness (QED) is 0.682. The van der Waals surface area contributed by atoms with Gasteiger partial charge in [-0.25, -0.2) is 9.97 Å². The Labute approximate surface area is 130 Å². The number of hydrogen-bond donors (Lipinski definition) is 2. The minimum atomic E-state index is 0.639. The van der Waals surface area contributed by atoms with Gasteiger partial charge in [-0.2, -0.15) is 0 Å². The molecule has 0 radical (unpaired) electrons. The SMILES string of the molecule is CCCNCc1cnc(NCC(C(C)C)C(C)C)nc1C. The minimum Gasteiger partial charge on any atom is -0.354 e. The van der Waals surface area contributed by atoms with Crippen LogP contribution in [0.25, 0.3) is 0 Å². The van der Waals surface area contributed by atoms with Crippen molar-refractivity contribution in [1.29, 1.82) is 0 Å². The average Bonchev–Trinajstić information content (AvgIpc) is 2.40. The largest absolute Gasteiger partial charge is 0.354 e. The molecule has 1 heterocycles. The molecular formula is C17H32N4. The first-order chi connectivity index (χ1) is 9.95. The Morgan fingerprint density at radius 3 is 2.33 bits per heavy atom. The van der Waals surface area contributed by atoms with E-state index in [-0.39, 0.29) is 0 Å². The summed E-state index contributed by atoms with van der Waals surface area (Å²) < 4.78 is 0. The first-order valence-corrected chi connectivity index (χ1v) is 8.22. The lowest BCUT2D eigenvalue weighted by Gasteiger charge is -2.25. The molecule has 1 aromatic rings. The van der Waals surface area contributed by atoms with Crippen LogP contribution in [0.5, 0.6) is 0 Å². The molecule has 0 saturated carbocycles.